The van der Waals surface area contributed by atoms with Crippen LogP contribution in [0.1, 0.15) is 19.8 Å². The van der Waals surface area contributed by atoms with Crippen molar-refractivity contribution in [1.29, 1.82) is 0 Å². The molecular formula is C10H19NOS. The van der Waals surface area contributed by atoms with Gasteiger partial charge < -0.3 is 10.1 Å². The van der Waals surface area contributed by atoms with Crippen molar-refractivity contribution in [3.63, 3.8) is 0 Å². The van der Waals surface area contributed by atoms with Crippen molar-refractivity contribution in [2.75, 3.05) is 24.7 Å². The van der Waals surface area contributed by atoms with Crippen LogP contribution < -0.4 is 5.32 Å². The quantitative estimate of drug-likeness (QED) is 0.748. The van der Waals surface area contributed by atoms with Gasteiger partial charge >= 0.3 is 0 Å². The number of thioether (sulfide) groups is 1. The van der Waals surface area contributed by atoms with E-state index in [0.717, 1.165) is 12.5 Å². The Labute approximate surface area is 84.8 Å². The summed E-state index contributed by atoms with van der Waals surface area (Å²) in [6.07, 6.45) is 3.02. The molecule has 2 aliphatic rings. The van der Waals surface area contributed by atoms with Crippen LogP contribution in [0.15, 0.2) is 0 Å². The summed E-state index contributed by atoms with van der Waals surface area (Å²) in [5.74, 6) is 3.63. The number of ether oxygens (including phenoxy) is 1. The van der Waals surface area contributed by atoms with E-state index in [4.69, 9.17) is 4.74 Å². The monoisotopic (exact) mass is 201 g/mol. The van der Waals surface area contributed by atoms with Crippen molar-refractivity contribution >= 4 is 11.8 Å². The lowest BCUT2D eigenvalue weighted by molar-refractivity contribution is 0.112. The van der Waals surface area contributed by atoms with E-state index in [-0.39, 0.29) is 0 Å². The summed E-state index contributed by atoms with van der Waals surface area (Å²) in [7, 11) is 0. The third-order valence-electron chi connectivity index (χ3n) is 3.07. The SMILES string of the molecule is CC1OCCC1NCC1CCSC1. The Hall–Kier alpha value is 0.270. The third kappa shape index (κ3) is 2.61. The Kier molecular flexibility index (Phi) is 3.52. The molecule has 0 aromatic rings. The molecule has 3 heteroatoms. The van der Waals surface area contributed by atoms with E-state index in [1.807, 2.05) is 0 Å². The molecule has 0 amide bonds. The Morgan fingerprint density at radius 2 is 2.38 bits per heavy atom. The summed E-state index contributed by atoms with van der Waals surface area (Å²) in [6, 6.07) is 0.616. The molecule has 2 aliphatic heterocycles. The standard InChI is InChI=1S/C10H19NOS/c1-8-10(2-4-12-8)11-6-9-3-5-13-7-9/h8-11H,2-7H2,1H3. The fourth-order valence-corrected chi connectivity index (χ4v) is 3.35. The molecule has 0 aromatic heterocycles. The minimum absolute atomic E-state index is 0.425. The highest BCUT2D eigenvalue weighted by Gasteiger charge is 2.25. The molecule has 0 bridgehead atoms. The van der Waals surface area contributed by atoms with Crippen LogP contribution in [0.5, 0.6) is 0 Å². The van der Waals surface area contributed by atoms with Gasteiger partial charge in [-0.25, -0.2) is 0 Å². The van der Waals surface area contributed by atoms with Crippen LogP contribution in [0.2, 0.25) is 0 Å². The van der Waals surface area contributed by atoms with Gasteiger partial charge in [0.15, 0.2) is 0 Å². The Morgan fingerprint density at radius 1 is 1.46 bits per heavy atom. The zero-order chi connectivity index (χ0) is 9.10. The summed E-state index contributed by atoms with van der Waals surface area (Å²) in [6.45, 7) is 4.32. The van der Waals surface area contributed by atoms with Crippen molar-refractivity contribution in [1.82, 2.24) is 5.32 Å². The van der Waals surface area contributed by atoms with Crippen LogP contribution in [0, 0.1) is 5.92 Å². The average molecular weight is 201 g/mol. The normalized spacial score (nSPS) is 39.9. The second-order valence-electron chi connectivity index (χ2n) is 4.11. The van der Waals surface area contributed by atoms with Crippen LogP contribution in [0.25, 0.3) is 0 Å². The first-order chi connectivity index (χ1) is 6.36. The van der Waals surface area contributed by atoms with Crippen molar-refractivity contribution < 1.29 is 4.74 Å². The Bertz CT molecular complexity index is 159. The highest BCUT2D eigenvalue weighted by Crippen LogP contribution is 2.23. The first-order valence-electron chi connectivity index (χ1n) is 5.29. The molecule has 13 heavy (non-hydrogen) atoms. The van der Waals surface area contributed by atoms with Gasteiger partial charge in [0, 0.05) is 12.6 Å². The van der Waals surface area contributed by atoms with Gasteiger partial charge in [-0.1, -0.05) is 0 Å². The second-order valence-corrected chi connectivity index (χ2v) is 5.26. The van der Waals surface area contributed by atoms with E-state index in [1.54, 1.807) is 0 Å². The van der Waals surface area contributed by atoms with Crippen molar-refractivity contribution in [2.45, 2.75) is 31.9 Å². The average Bonchev–Trinajstić information content (AvgIpc) is 2.72. The highest BCUT2D eigenvalue weighted by atomic mass is 32.2. The second kappa shape index (κ2) is 4.67. The van der Waals surface area contributed by atoms with Crippen molar-refractivity contribution in [3.05, 3.63) is 0 Å². The van der Waals surface area contributed by atoms with Gasteiger partial charge in [0.1, 0.15) is 0 Å². The number of nitrogens with one attached hydrogen (secondary N) is 1. The van der Waals surface area contributed by atoms with Crippen LogP contribution in [0.3, 0.4) is 0 Å². The molecular weight excluding hydrogens is 182 g/mol. The van der Waals surface area contributed by atoms with Crippen LogP contribution in [0.4, 0.5) is 0 Å². The Balaban J connectivity index is 1.66. The maximum atomic E-state index is 5.51. The first-order valence-corrected chi connectivity index (χ1v) is 6.44. The predicted octanol–water partition coefficient (Wildman–Crippen LogP) is 1.51. The molecule has 2 fully saturated rings. The van der Waals surface area contributed by atoms with Gasteiger partial charge in [-0.2, -0.15) is 11.8 Å². The summed E-state index contributed by atoms with van der Waals surface area (Å²) in [5.41, 5.74) is 0. The summed E-state index contributed by atoms with van der Waals surface area (Å²) < 4.78 is 5.51. The molecule has 2 heterocycles. The Morgan fingerprint density at radius 3 is 3.00 bits per heavy atom. The number of hydrogen-bond donors (Lipinski definition) is 1. The largest absolute Gasteiger partial charge is 0.377 e. The lowest BCUT2D eigenvalue weighted by atomic mass is 10.1. The maximum Gasteiger partial charge on any atom is 0.0700 e. The molecule has 3 unspecified atom stereocenters. The molecule has 2 nitrogen and oxygen atoms in total. The zero-order valence-corrected chi connectivity index (χ0v) is 9.11. The van der Waals surface area contributed by atoms with Gasteiger partial charge in [-0.15, -0.1) is 0 Å². The molecule has 76 valence electrons. The van der Waals surface area contributed by atoms with Crippen molar-refractivity contribution in [3.8, 4) is 0 Å². The fraction of sp³-hybridized carbons (Fsp3) is 1.00. The summed E-state index contributed by atoms with van der Waals surface area (Å²) >= 11 is 2.09. The molecule has 1 N–H and O–H groups in total. The number of hydrogen-bond acceptors (Lipinski definition) is 3. The maximum absolute atomic E-state index is 5.51. The molecule has 0 aliphatic carbocycles. The van der Waals surface area contributed by atoms with Gasteiger partial charge in [-0.3, -0.25) is 0 Å². The first kappa shape index (κ1) is 9.81. The van der Waals surface area contributed by atoms with Crippen molar-refractivity contribution in [2.24, 2.45) is 5.92 Å². The predicted molar refractivity (Wildman–Crippen MR) is 57.3 cm³/mol. The van der Waals surface area contributed by atoms with E-state index in [9.17, 15) is 0 Å². The van der Waals surface area contributed by atoms with Gasteiger partial charge in [-0.05, 0) is 43.7 Å². The molecule has 0 aromatic carbocycles. The molecule has 0 spiro atoms. The minimum atomic E-state index is 0.425. The molecule has 2 saturated heterocycles. The topological polar surface area (TPSA) is 21.3 Å². The fourth-order valence-electron chi connectivity index (χ4n) is 2.06. The van der Waals surface area contributed by atoms with Crippen LogP contribution >= 0.6 is 11.8 Å². The molecule has 0 radical (unpaired) electrons. The van der Waals surface area contributed by atoms with E-state index in [2.05, 4.69) is 24.0 Å². The van der Waals surface area contributed by atoms with Crippen LogP contribution in [-0.4, -0.2) is 36.8 Å². The lowest BCUT2D eigenvalue weighted by Crippen LogP contribution is -2.37. The van der Waals surface area contributed by atoms with Gasteiger partial charge in [0.2, 0.25) is 0 Å². The van der Waals surface area contributed by atoms with Gasteiger partial charge in [0.05, 0.1) is 6.10 Å². The zero-order valence-electron chi connectivity index (χ0n) is 8.29. The molecule has 0 saturated carbocycles. The van der Waals surface area contributed by atoms with E-state index >= 15 is 0 Å². The highest BCUT2D eigenvalue weighted by molar-refractivity contribution is 7.99. The third-order valence-corrected chi connectivity index (χ3v) is 4.30. The summed E-state index contributed by atoms with van der Waals surface area (Å²) in [5, 5.41) is 3.63. The number of rotatable bonds is 3. The molecule has 3 atom stereocenters. The van der Waals surface area contributed by atoms with Gasteiger partial charge in [0.25, 0.3) is 0 Å². The van der Waals surface area contributed by atoms with E-state index < -0.39 is 0 Å². The smallest absolute Gasteiger partial charge is 0.0700 e. The van der Waals surface area contributed by atoms with E-state index in [0.29, 0.717) is 12.1 Å². The minimum Gasteiger partial charge on any atom is -0.377 e. The van der Waals surface area contributed by atoms with Crippen LogP contribution in [-0.2, 0) is 4.74 Å². The lowest BCUT2D eigenvalue weighted by Gasteiger charge is -2.18. The summed E-state index contributed by atoms with van der Waals surface area (Å²) in [4.78, 5) is 0. The molecule has 2 rings (SSSR count). The van der Waals surface area contributed by atoms with E-state index in [1.165, 1.54) is 30.9 Å².